The standard InChI is InChI=1S/C12H19BrN2O2S/c1-3-14-7-4-8-15-18(16,17)11-5-6-12(13)10(2)9-11/h5-6,9,14-15H,3-4,7-8H2,1-2H3. The molecule has 0 spiro atoms. The molecule has 0 heterocycles. The number of aryl methyl sites for hydroxylation is 1. The summed E-state index contributed by atoms with van der Waals surface area (Å²) in [6.07, 6.45) is 0.780. The van der Waals surface area contributed by atoms with E-state index in [2.05, 4.69) is 26.0 Å². The normalized spacial score (nSPS) is 11.7. The smallest absolute Gasteiger partial charge is 0.240 e. The molecule has 102 valence electrons. The predicted octanol–water partition coefficient (Wildman–Crippen LogP) is 2.04. The third-order valence-corrected chi connectivity index (χ3v) is 4.86. The molecule has 1 aromatic carbocycles. The van der Waals surface area contributed by atoms with Crippen LogP contribution in [0.1, 0.15) is 18.9 Å². The number of hydrogen-bond acceptors (Lipinski definition) is 3. The number of sulfonamides is 1. The van der Waals surface area contributed by atoms with Crippen molar-refractivity contribution >= 4 is 26.0 Å². The molecule has 1 rings (SSSR count). The second kappa shape index (κ2) is 7.23. The minimum atomic E-state index is -3.39. The van der Waals surface area contributed by atoms with Crippen LogP contribution in [-0.4, -0.2) is 28.1 Å². The highest BCUT2D eigenvalue weighted by Gasteiger charge is 2.13. The molecular formula is C12H19BrN2O2S. The average Bonchev–Trinajstić information content (AvgIpc) is 2.32. The molecule has 2 N–H and O–H groups in total. The van der Waals surface area contributed by atoms with Gasteiger partial charge in [-0.3, -0.25) is 0 Å². The van der Waals surface area contributed by atoms with Crippen molar-refractivity contribution in [3.63, 3.8) is 0 Å². The minimum Gasteiger partial charge on any atom is -0.317 e. The Morgan fingerprint density at radius 2 is 2.00 bits per heavy atom. The van der Waals surface area contributed by atoms with E-state index in [1.165, 1.54) is 0 Å². The first-order chi connectivity index (χ1) is 8.47. The van der Waals surface area contributed by atoms with Crippen LogP contribution in [0.3, 0.4) is 0 Å². The van der Waals surface area contributed by atoms with Crippen LogP contribution in [0, 0.1) is 6.92 Å². The molecule has 1 aromatic rings. The third kappa shape index (κ3) is 4.68. The maximum absolute atomic E-state index is 12.0. The van der Waals surface area contributed by atoms with Crippen LogP contribution in [0.4, 0.5) is 0 Å². The summed E-state index contributed by atoms with van der Waals surface area (Å²) in [7, 11) is -3.39. The van der Waals surface area contributed by atoms with E-state index in [0.717, 1.165) is 29.5 Å². The van der Waals surface area contributed by atoms with Crippen molar-refractivity contribution in [1.82, 2.24) is 10.0 Å². The van der Waals surface area contributed by atoms with Gasteiger partial charge < -0.3 is 5.32 Å². The summed E-state index contributed by atoms with van der Waals surface area (Å²) in [6.45, 7) is 6.06. The molecule has 0 unspecified atom stereocenters. The Balaban J connectivity index is 2.60. The van der Waals surface area contributed by atoms with E-state index >= 15 is 0 Å². The fraction of sp³-hybridized carbons (Fsp3) is 0.500. The molecule has 0 fully saturated rings. The number of benzene rings is 1. The summed E-state index contributed by atoms with van der Waals surface area (Å²) in [5.74, 6) is 0. The number of rotatable bonds is 7. The molecule has 18 heavy (non-hydrogen) atoms. The first kappa shape index (κ1) is 15.6. The Morgan fingerprint density at radius 1 is 1.28 bits per heavy atom. The van der Waals surface area contributed by atoms with Gasteiger partial charge in [0.15, 0.2) is 0 Å². The van der Waals surface area contributed by atoms with Gasteiger partial charge in [-0.25, -0.2) is 13.1 Å². The Kier molecular flexibility index (Phi) is 6.28. The SMILES string of the molecule is CCNCCCNS(=O)(=O)c1ccc(Br)c(C)c1. The van der Waals surface area contributed by atoms with Crippen LogP contribution < -0.4 is 10.0 Å². The molecule has 0 atom stereocenters. The highest BCUT2D eigenvalue weighted by atomic mass is 79.9. The van der Waals surface area contributed by atoms with Crippen molar-refractivity contribution in [2.24, 2.45) is 0 Å². The summed E-state index contributed by atoms with van der Waals surface area (Å²) in [6, 6.07) is 5.02. The fourth-order valence-electron chi connectivity index (χ4n) is 1.46. The highest BCUT2D eigenvalue weighted by molar-refractivity contribution is 9.10. The first-order valence-corrected chi connectivity index (χ1v) is 8.21. The van der Waals surface area contributed by atoms with Crippen LogP contribution >= 0.6 is 15.9 Å². The lowest BCUT2D eigenvalue weighted by molar-refractivity contribution is 0.575. The van der Waals surface area contributed by atoms with Gasteiger partial charge in [-0.05, 0) is 50.2 Å². The first-order valence-electron chi connectivity index (χ1n) is 5.94. The summed E-state index contributed by atoms with van der Waals surface area (Å²) >= 11 is 3.35. The van der Waals surface area contributed by atoms with Crippen molar-refractivity contribution in [2.45, 2.75) is 25.2 Å². The summed E-state index contributed by atoms with van der Waals surface area (Å²) in [5, 5.41) is 3.15. The van der Waals surface area contributed by atoms with E-state index in [4.69, 9.17) is 0 Å². The van der Waals surface area contributed by atoms with E-state index in [0.29, 0.717) is 11.4 Å². The molecule has 0 saturated heterocycles. The fourth-order valence-corrected chi connectivity index (χ4v) is 2.87. The molecule has 0 saturated carbocycles. The molecule has 0 aliphatic carbocycles. The predicted molar refractivity (Wildman–Crippen MR) is 77.2 cm³/mol. The Morgan fingerprint density at radius 3 is 2.61 bits per heavy atom. The van der Waals surface area contributed by atoms with Gasteiger partial charge in [0, 0.05) is 11.0 Å². The van der Waals surface area contributed by atoms with Crippen molar-refractivity contribution in [3.8, 4) is 0 Å². The van der Waals surface area contributed by atoms with E-state index in [-0.39, 0.29) is 0 Å². The molecule has 4 nitrogen and oxygen atoms in total. The van der Waals surface area contributed by atoms with Gasteiger partial charge in [0.05, 0.1) is 4.90 Å². The van der Waals surface area contributed by atoms with Gasteiger partial charge >= 0.3 is 0 Å². The molecule has 0 aromatic heterocycles. The lowest BCUT2D eigenvalue weighted by Gasteiger charge is -2.08. The quantitative estimate of drug-likeness (QED) is 0.750. The van der Waals surface area contributed by atoms with E-state index in [1.807, 2.05) is 13.8 Å². The van der Waals surface area contributed by atoms with Crippen LogP contribution in [-0.2, 0) is 10.0 Å². The lowest BCUT2D eigenvalue weighted by Crippen LogP contribution is -2.27. The summed E-state index contributed by atoms with van der Waals surface area (Å²) < 4.78 is 27.5. The second-order valence-corrected chi connectivity index (χ2v) is 6.64. The van der Waals surface area contributed by atoms with Crippen molar-refractivity contribution in [1.29, 1.82) is 0 Å². The largest absolute Gasteiger partial charge is 0.317 e. The van der Waals surface area contributed by atoms with Crippen LogP contribution in [0.15, 0.2) is 27.6 Å². The van der Waals surface area contributed by atoms with E-state index < -0.39 is 10.0 Å². The monoisotopic (exact) mass is 334 g/mol. The molecular weight excluding hydrogens is 316 g/mol. The highest BCUT2D eigenvalue weighted by Crippen LogP contribution is 2.19. The van der Waals surface area contributed by atoms with Gasteiger partial charge in [-0.15, -0.1) is 0 Å². The Labute approximate surface area is 117 Å². The maximum atomic E-state index is 12.0. The lowest BCUT2D eigenvalue weighted by atomic mass is 10.2. The van der Waals surface area contributed by atoms with Crippen molar-refractivity contribution in [2.75, 3.05) is 19.6 Å². The summed E-state index contributed by atoms with van der Waals surface area (Å²) in [5.41, 5.74) is 0.908. The molecule has 0 amide bonds. The summed E-state index contributed by atoms with van der Waals surface area (Å²) in [4.78, 5) is 0.312. The van der Waals surface area contributed by atoms with Gasteiger partial charge in [-0.1, -0.05) is 22.9 Å². The Bertz CT molecular complexity index is 489. The van der Waals surface area contributed by atoms with E-state index in [9.17, 15) is 8.42 Å². The van der Waals surface area contributed by atoms with Gasteiger partial charge in [-0.2, -0.15) is 0 Å². The third-order valence-electron chi connectivity index (χ3n) is 2.51. The van der Waals surface area contributed by atoms with Gasteiger partial charge in [0.2, 0.25) is 10.0 Å². The Hall–Kier alpha value is -0.430. The topological polar surface area (TPSA) is 58.2 Å². The zero-order chi connectivity index (χ0) is 13.6. The number of hydrogen-bond donors (Lipinski definition) is 2. The molecule has 0 aliphatic heterocycles. The second-order valence-electron chi connectivity index (χ2n) is 4.02. The molecule has 6 heteroatoms. The van der Waals surface area contributed by atoms with Gasteiger partial charge in [0.25, 0.3) is 0 Å². The van der Waals surface area contributed by atoms with Gasteiger partial charge in [0.1, 0.15) is 0 Å². The van der Waals surface area contributed by atoms with Crippen LogP contribution in [0.2, 0.25) is 0 Å². The average molecular weight is 335 g/mol. The van der Waals surface area contributed by atoms with Crippen LogP contribution in [0.25, 0.3) is 0 Å². The molecule has 0 radical (unpaired) electrons. The van der Waals surface area contributed by atoms with E-state index in [1.54, 1.807) is 18.2 Å². The maximum Gasteiger partial charge on any atom is 0.240 e. The van der Waals surface area contributed by atoms with Crippen molar-refractivity contribution in [3.05, 3.63) is 28.2 Å². The molecule has 0 bridgehead atoms. The van der Waals surface area contributed by atoms with Crippen LogP contribution in [0.5, 0.6) is 0 Å². The van der Waals surface area contributed by atoms with Crippen molar-refractivity contribution < 1.29 is 8.42 Å². The zero-order valence-corrected chi connectivity index (χ0v) is 13.1. The number of halogens is 1. The number of nitrogens with one attached hydrogen (secondary N) is 2. The minimum absolute atomic E-state index is 0.312. The zero-order valence-electron chi connectivity index (χ0n) is 10.7. The molecule has 0 aliphatic rings.